The second kappa shape index (κ2) is 6.08. The lowest BCUT2D eigenvalue weighted by atomic mass is 9.99. The van der Waals surface area contributed by atoms with Crippen LogP contribution < -0.4 is 5.32 Å². The quantitative estimate of drug-likeness (QED) is 0.790. The average molecular weight is 275 g/mol. The molecule has 2 aliphatic rings. The second-order valence-corrected chi connectivity index (χ2v) is 5.83. The third kappa shape index (κ3) is 3.01. The highest BCUT2D eigenvalue weighted by Gasteiger charge is 2.40. The molecule has 1 N–H and O–H groups in total. The summed E-state index contributed by atoms with van der Waals surface area (Å²) in [6, 6.07) is 1.39. The summed E-state index contributed by atoms with van der Waals surface area (Å²) in [4.78, 5) is 25.9. The van der Waals surface area contributed by atoms with Crippen molar-refractivity contribution in [3.8, 4) is 6.07 Å². The molecule has 0 aromatic rings. The first-order valence-electron chi connectivity index (χ1n) is 7.16. The van der Waals surface area contributed by atoms with E-state index >= 15 is 0 Å². The zero-order chi connectivity index (χ0) is 14.7. The van der Waals surface area contributed by atoms with Gasteiger partial charge in [0.05, 0.1) is 6.07 Å². The van der Waals surface area contributed by atoms with Crippen LogP contribution >= 0.6 is 0 Å². The summed E-state index contributed by atoms with van der Waals surface area (Å²) in [7, 11) is 0. The Morgan fingerprint density at radius 3 is 2.95 bits per heavy atom. The van der Waals surface area contributed by atoms with Crippen LogP contribution in [-0.4, -0.2) is 35.3 Å². The standard InChI is InChI=1S/C15H21N3O2/c1-10(2)5-6-11-8-13(17-14(11)19)15(20)18-7-3-4-12(18)9-16/h5,11-13H,3-4,6-8H2,1-2H3,(H,17,19)/t11-,12+,13+/m1/s1. The number of nitrogens with zero attached hydrogens (tertiary/aromatic N) is 2. The fourth-order valence-corrected chi connectivity index (χ4v) is 2.85. The molecule has 3 atom stereocenters. The molecule has 0 bridgehead atoms. The lowest BCUT2D eigenvalue weighted by molar-refractivity contribution is -0.134. The van der Waals surface area contributed by atoms with Crippen LogP contribution in [0.25, 0.3) is 0 Å². The molecule has 0 aliphatic carbocycles. The first-order chi connectivity index (χ1) is 9.52. The van der Waals surface area contributed by atoms with Crippen molar-refractivity contribution in [1.29, 1.82) is 5.26 Å². The summed E-state index contributed by atoms with van der Waals surface area (Å²) in [6.45, 7) is 4.62. The van der Waals surface area contributed by atoms with E-state index in [9.17, 15) is 9.59 Å². The summed E-state index contributed by atoms with van der Waals surface area (Å²) in [5, 5.41) is 11.8. The van der Waals surface area contributed by atoms with Crippen molar-refractivity contribution in [3.05, 3.63) is 11.6 Å². The molecular weight excluding hydrogens is 254 g/mol. The lowest BCUT2D eigenvalue weighted by Gasteiger charge is -2.22. The van der Waals surface area contributed by atoms with Crippen molar-refractivity contribution in [2.45, 2.75) is 51.6 Å². The van der Waals surface area contributed by atoms with Gasteiger partial charge in [0.25, 0.3) is 0 Å². The van der Waals surface area contributed by atoms with Gasteiger partial charge >= 0.3 is 0 Å². The van der Waals surface area contributed by atoms with Gasteiger partial charge in [0.1, 0.15) is 12.1 Å². The molecule has 2 rings (SSSR count). The van der Waals surface area contributed by atoms with Crippen molar-refractivity contribution < 1.29 is 9.59 Å². The Bertz CT molecular complexity index is 474. The number of allylic oxidation sites excluding steroid dienone is 2. The topological polar surface area (TPSA) is 73.2 Å². The highest BCUT2D eigenvalue weighted by Crippen LogP contribution is 2.24. The molecule has 2 saturated heterocycles. The zero-order valence-corrected chi connectivity index (χ0v) is 12.1. The Balaban J connectivity index is 1.98. The molecule has 5 nitrogen and oxygen atoms in total. The zero-order valence-electron chi connectivity index (χ0n) is 12.1. The maximum Gasteiger partial charge on any atom is 0.246 e. The predicted octanol–water partition coefficient (Wildman–Crippen LogP) is 1.36. The number of nitrogens with one attached hydrogen (secondary N) is 1. The largest absolute Gasteiger partial charge is 0.344 e. The SMILES string of the molecule is CC(C)=CC[C@@H]1C[C@@H](C(=O)N2CCC[C@H]2C#N)NC1=O. The minimum absolute atomic E-state index is 0.0476. The fourth-order valence-electron chi connectivity index (χ4n) is 2.85. The predicted molar refractivity (Wildman–Crippen MR) is 74.4 cm³/mol. The number of likely N-dealkylation sites (tertiary alicyclic amines) is 1. The van der Waals surface area contributed by atoms with Gasteiger partial charge in [0, 0.05) is 12.5 Å². The van der Waals surface area contributed by atoms with Crippen LogP contribution in [0.1, 0.15) is 39.5 Å². The minimum Gasteiger partial charge on any atom is -0.344 e. The van der Waals surface area contributed by atoms with Crippen LogP contribution in [0.4, 0.5) is 0 Å². The number of carbonyl (C=O) groups excluding carboxylic acids is 2. The average Bonchev–Trinajstić information content (AvgIpc) is 3.01. The van der Waals surface area contributed by atoms with Gasteiger partial charge in [-0.2, -0.15) is 5.26 Å². The first kappa shape index (κ1) is 14.6. The van der Waals surface area contributed by atoms with Gasteiger partial charge in [-0.05, 0) is 39.5 Å². The van der Waals surface area contributed by atoms with Gasteiger partial charge in [-0.1, -0.05) is 11.6 Å². The van der Waals surface area contributed by atoms with Gasteiger partial charge in [0.2, 0.25) is 11.8 Å². The van der Waals surface area contributed by atoms with Crippen molar-refractivity contribution >= 4 is 11.8 Å². The minimum atomic E-state index is -0.452. The van der Waals surface area contributed by atoms with Crippen LogP contribution in [0, 0.1) is 17.2 Å². The highest BCUT2D eigenvalue weighted by atomic mass is 16.2. The molecule has 0 radical (unpaired) electrons. The van der Waals surface area contributed by atoms with E-state index < -0.39 is 6.04 Å². The number of amides is 2. The first-order valence-corrected chi connectivity index (χ1v) is 7.16. The highest BCUT2D eigenvalue weighted by molar-refractivity contribution is 5.92. The van der Waals surface area contributed by atoms with E-state index in [0.717, 1.165) is 12.8 Å². The number of nitriles is 1. The van der Waals surface area contributed by atoms with Crippen molar-refractivity contribution in [2.24, 2.45) is 5.92 Å². The van der Waals surface area contributed by atoms with Crippen LogP contribution in [-0.2, 0) is 9.59 Å². The van der Waals surface area contributed by atoms with Gasteiger partial charge < -0.3 is 10.2 Å². The van der Waals surface area contributed by atoms with Gasteiger partial charge in [-0.15, -0.1) is 0 Å². The van der Waals surface area contributed by atoms with E-state index in [1.165, 1.54) is 5.57 Å². The molecule has 2 amide bonds. The Morgan fingerprint density at radius 2 is 2.30 bits per heavy atom. The molecule has 2 aliphatic heterocycles. The molecule has 0 saturated carbocycles. The molecule has 2 heterocycles. The van der Waals surface area contributed by atoms with E-state index in [2.05, 4.69) is 11.4 Å². The van der Waals surface area contributed by atoms with Crippen molar-refractivity contribution in [1.82, 2.24) is 10.2 Å². The van der Waals surface area contributed by atoms with Crippen LogP contribution in [0.2, 0.25) is 0 Å². The third-order valence-electron chi connectivity index (χ3n) is 4.00. The van der Waals surface area contributed by atoms with Gasteiger partial charge in [-0.25, -0.2) is 0 Å². The molecule has 20 heavy (non-hydrogen) atoms. The molecule has 0 unspecified atom stereocenters. The Hall–Kier alpha value is -1.83. The maximum absolute atomic E-state index is 12.4. The third-order valence-corrected chi connectivity index (χ3v) is 4.00. The fraction of sp³-hybridized carbons (Fsp3) is 0.667. The van der Waals surface area contributed by atoms with E-state index in [1.807, 2.05) is 19.9 Å². The summed E-state index contributed by atoms with van der Waals surface area (Å²) in [5.41, 5.74) is 1.18. The maximum atomic E-state index is 12.4. The number of carbonyl (C=O) groups is 2. The second-order valence-electron chi connectivity index (χ2n) is 5.83. The molecule has 0 aromatic carbocycles. The lowest BCUT2D eigenvalue weighted by Crippen LogP contribution is -2.46. The Morgan fingerprint density at radius 1 is 1.55 bits per heavy atom. The molecular formula is C15H21N3O2. The van der Waals surface area contributed by atoms with E-state index in [0.29, 0.717) is 19.4 Å². The summed E-state index contributed by atoms with van der Waals surface area (Å²) in [6.07, 6.45) is 4.86. The van der Waals surface area contributed by atoms with E-state index in [1.54, 1.807) is 4.90 Å². The van der Waals surface area contributed by atoms with Gasteiger partial charge in [0.15, 0.2) is 0 Å². The number of hydrogen-bond donors (Lipinski definition) is 1. The Labute approximate surface area is 119 Å². The number of hydrogen-bond acceptors (Lipinski definition) is 3. The van der Waals surface area contributed by atoms with E-state index in [-0.39, 0.29) is 23.8 Å². The summed E-state index contributed by atoms with van der Waals surface area (Å²) < 4.78 is 0. The summed E-state index contributed by atoms with van der Waals surface area (Å²) in [5.74, 6) is -0.266. The van der Waals surface area contributed by atoms with Crippen molar-refractivity contribution in [2.75, 3.05) is 6.54 Å². The monoisotopic (exact) mass is 275 g/mol. The van der Waals surface area contributed by atoms with Crippen LogP contribution in [0.15, 0.2) is 11.6 Å². The molecule has 0 aromatic heterocycles. The molecule has 108 valence electrons. The molecule has 0 spiro atoms. The molecule has 5 heteroatoms. The Kier molecular flexibility index (Phi) is 4.43. The van der Waals surface area contributed by atoms with Crippen molar-refractivity contribution in [3.63, 3.8) is 0 Å². The molecule has 2 fully saturated rings. The van der Waals surface area contributed by atoms with E-state index in [4.69, 9.17) is 5.26 Å². The van der Waals surface area contributed by atoms with Gasteiger partial charge in [-0.3, -0.25) is 9.59 Å². The number of rotatable bonds is 3. The summed E-state index contributed by atoms with van der Waals surface area (Å²) >= 11 is 0. The smallest absolute Gasteiger partial charge is 0.246 e. The van der Waals surface area contributed by atoms with Crippen LogP contribution in [0.5, 0.6) is 0 Å². The normalized spacial score (nSPS) is 28.9. The van der Waals surface area contributed by atoms with Crippen LogP contribution in [0.3, 0.4) is 0 Å².